The molecule has 0 saturated heterocycles. The van der Waals surface area contributed by atoms with Crippen LogP contribution in [0.4, 0.5) is 0 Å². The number of ether oxygens (including phenoxy) is 2. The van der Waals surface area contributed by atoms with E-state index in [2.05, 4.69) is 220 Å². The molecule has 0 aromatic rings. The standard InChI is InChI=1S/C76H118NO8P/c1-6-8-10-12-14-16-18-20-22-24-26-28-30-31-32-33-34-35-36-37-38-39-40-41-42-43-44-45-47-49-51-53-55-57-59-61-63-65-67-69-76(79)85-74(73-84-86(80,81)83-71-70-77(3,4)5)72-82-75(78)68-66-64-62-60-58-56-54-52-50-48-46-29-27-25-23-21-19-17-15-13-11-9-7-2/h8-11,14-17,20-23,26-29,31-32,34-35,37-38,40-41,43-44,47-50,53-56,74H,6-7,12-13,18-19,24-25,30,33,36,39,42,45-46,51-52,57-73H2,1-5H3/b10-8-,11-9-,16-14-,17-15-,22-20-,23-21-,28-26-,29-27-,32-31-,35-34-,38-37-,41-40-,44-43-,49-47-,50-48-,55-53-,56-54-. The van der Waals surface area contributed by atoms with Crippen molar-refractivity contribution in [3.63, 3.8) is 0 Å². The minimum absolute atomic E-state index is 0.0520. The van der Waals surface area contributed by atoms with Crippen LogP contribution in [0.2, 0.25) is 0 Å². The number of phosphoric acid groups is 1. The van der Waals surface area contributed by atoms with Gasteiger partial charge in [-0.25, -0.2) is 0 Å². The number of carbonyl (C=O) groups is 2. The molecule has 0 heterocycles. The molecule has 480 valence electrons. The Bertz CT molecular complexity index is 2200. The fraction of sp³-hybridized carbons (Fsp3) is 0.526. The highest BCUT2D eigenvalue weighted by atomic mass is 31.2. The normalized spacial score (nSPS) is 14.5. The van der Waals surface area contributed by atoms with Gasteiger partial charge in [0.25, 0.3) is 7.82 Å². The first-order valence-electron chi connectivity index (χ1n) is 32.8. The second-order valence-electron chi connectivity index (χ2n) is 22.0. The van der Waals surface area contributed by atoms with Crippen LogP contribution in [0, 0.1) is 0 Å². The number of nitrogens with zero attached hydrogens (tertiary/aromatic N) is 1. The topological polar surface area (TPSA) is 111 Å². The van der Waals surface area contributed by atoms with Crippen LogP contribution >= 0.6 is 7.82 Å². The summed E-state index contributed by atoms with van der Waals surface area (Å²) in [7, 11) is 1.10. The lowest BCUT2D eigenvalue weighted by atomic mass is 10.1. The molecular formula is C76H118NO8P. The predicted molar refractivity (Wildman–Crippen MR) is 368 cm³/mol. The third kappa shape index (κ3) is 67.7. The van der Waals surface area contributed by atoms with E-state index in [4.69, 9.17) is 18.5 Å². The van der Waals surface area contributed by atoms with Gasteiger partial charge in [0.2, 0.25) is 0 Å². The van der Waals surface area contributed by atoms with E-state index in [1.54, 1.807) is 0 Å². The predicted octanol–water partition coefficient (Wildman–Crippen LogP) is 20.8. The van der Waals surface area contributed by atoms with E-state index < -0.39 is 32.5 Å². The van der Waals surface area contributed by atoms with Crippen LogP contribution in [-0.4, -0.2) is 70.0 Å². The van der Waals surface area contributed by atoms with Crippen molar-refractivity contribution in [2.45, 2.75) is 213 Å². The van der Waals surface area contributed by atoms with E-state index in [0.717, 1.165) is 167 Å². The first-order chi connectivity index (χ1) is 42.0. The SMILES string of the molecule is CC/C=C\C/C=C\C/C=C\C/C=C\C/C=C\C/C=C\C/C=C\C/C=C\C/C=C\C/C=C\C/C=C\CCCCCCCC(=O)OC(COC(=O)CCCCCC/C=C\C/C=C\C/C=C\C/C=C\C/C=C\C/C=C\CC)COP(=O)([O-])OCC[N+](C)(C)C. The van der Waals surface area contributed by atoms with Crippen LogP contribution in [0.15, 0.2) is 207 Å². The fourth-order valence-electron chi connectivity index (χ4n) is 7.84. The number of carbonyl (C=O) groups excluding carboxylic acids is 2. The van der Waals surface area contributed by atoms with Crippen molar-refractivity contribution in [3.8, 4) is 0 Å². The van der Waals surface area contributed by atoms with Gasteiger partial charge in [-0.15, -0.1) is 0 Å². The summed E-state index contributed by atoms with van der Waals surface area (Å²) in [5, 5.41) is 0. The average Bonchev–Trinajstić information content (AvgIpc) is 3.56. The van der Waals surface area contributed by atoms with Gasteiger partial charge in [0.1, 0.15) is 19.8 Å². The summed E-state index contributed by atoms with van der Waals surface area (Å²) in [5.41, 5.74) is 0. The Hall–Kier alpha value is -5.41. The maximum absolute atomic E-state index is 12.8. The van der Waals surface area contributed by atoms with Gasteiger partial charge in [0, 0.05) is 12.8 Å². The van der Waals surface area contributed by atoms with Crippen molar-refractivity contribution < 1.29 is 42.1 Å². The number of phosphoric ester groups is 1. The fourth-order valence-corrected chi connectivity index (χ4v) is 8.57. The smallest absolute Gasteiger partial charge is 0.306 e. The van der Waals surface area contributed by atoms with Crippen LogP contribution in [0.1, 0.15) is 206 Å². The van der Waals surface area contributed by atoms with Gasteiger partial charge in [-0.2, -0.15) is 0 Å². The molecule has 2 atom stereocenters. The number of quaternary nitrogens is 1. The molecule has 0 spiro atoms. The Morgan fingerprint density at radius 2 is 0.628 bits per heavy atom. The minimum atomic E-state index is -4.67. The van der Waals surface area contributed by atoms with Crippen molar-refractivity contribution in [3.05, 3.63) is 207 Å². The van der Waals surface area contributed by atoms with Crippen LogP contribution in [-0.2, 0) is 32.7 Å². The largest absolute Gasteiger partial charge is 0.756 e. The second-order valence-corrected chi connectivity index (χ2v) is 23.4. The summed E-state index contributed by atoms with van der Waals surface area (Å²) in [6.45, 7) is 3.92. The summed E-state index contributed by atoms with van der Waals surface area (Å²) in [6.07, 6.45) is 102. The molecule has 0 aliphatic carbocycles. The number of unbranched alkanes of at least 4 members (excludes halogenated alkanes) is 9. The van der Waals surface area contributed by atoms with Crippen molar-refractivity contribution in [1.29, 1.82) is 0 Å². The molecule has 10 heteroatoms. The lowest BCUT2D eigenvalue weighted by Crippen LogP contribution is -2.37. The number of rotatable bonds is 57. The lowest BCUT2D eigenvalue weighted by Gasteiger charge is -2.28. The van der Waals surface area contributed by atoms with Gasteiger partial charge in [-0.3, -0.25) is 14.2 Å². The average molecular weight is 1200 g/mol. The van der Waals surface area contributed by atoms with Gasteiger partial charge in [-0.05, 0) is 148 Å². The Morgan fingerprint density at radius 3 is 0.930 bits per heavy atom. The Kier molecular flexibility index (Phi) is 60.0. The molecule has 2 unspecified atom stereocenters. The van der Waals surface area contributed by atoms with Crippen LogP contribution in [0.5, 0.6) is 0 Å². The molecular weight excluding hydrogens is 1090 g/mol. The highest BCUT2D eigenvalue weighted by Crippen LogP contribution is 2.38. The second kappa shape index (κ2) is 64.1. The molecule has 0 fully saturated rings. The van der Waals surface area contributed by atoms with Crippen molar-refractivity contribution in [1.82, 2.24) is 0 Å². The number of hydrogen-bond donors (Lipinski definition) is 0. The summed E-state index contributed by atoms with van der Waals surface area (Å²) >= 11 is 0. The molecule has 0 radical (unpaired) electrons. The van der Waals surface area contributed by atoms with E-state index in [-0.39, 0.29) is 26.1 Å². The Labute approximate surface area is 525 Å². The first kappa shape index (κ1) is 80.6. The number of likely N-dealkylation sites (N-methyl/N-ethyl adjacent to an activating group) is 1. The van der Waals surface area contributed by atoms with Crippen molar-refractivity contribution in [2.24, 2.45) is 0 Å². The zero-order valence-corrected chi connectivity index (χ0v) is 55.3. The number of hydrogen-bond acceptors (Lipinski definition) is 8. The first-order valence-corrected chi connectivity index (χ1v) is 34.3. The summed E-state index contributed by atoms with van der Waals surface area (Å²) in [4.78, 5) is 38.0. The monoisotopic (exact) mass is 1200 g/mol. The summed E-state index contributed by atoms with van der Waals surface area (Å²) < 4.78 is 34.2. The number of allylic oxidation sites excluding steroid dienone is 34. The highest BCUT2D eigenvalue weighted by molar-refractivity contribution is 7.45. The zero-order valence-electron chi connectivity index (χ0n) is 54.4. The molecule has 0 rings (SSSR count). The van der Waals surface area contributed by atoms with Crippen LogP contribution in [0.25, 0.3) is 0 Å². The quantitative estimate of drug-likeness (QED) is 0.0195. The van der Waals surface area contributed by atoms with Crippen molar-refractivity contribution in [2.75, 3.05) is 47.5 Å². The Balaban J connectivity index is 4.26. The van der Waals surface area contributed by atoms with E-state index in [1.807, 2.05) is 21.1 Å². The highest BCUT2D eigenvalue weighted by Gasteiger charge is 2.22. The molecule has 0 saturated carbocycles. The molecule has 0 aromatic carbocycles. The minimum Gasteiger partial charge on any atom is -0.756 e. The van der Waals surface area contributed by atoms with Gasteiger partial charge in [0.05, 0.1) is 27.7 Å². The third-order valence-electron chi connectivity index (χ3n) is 12.8. The van der Waals surface area contributed by atoms with E-state index in [9.17, 15) is 19.0 Å². The van der Waals surface area contributed by atoms with E-state index in [1.165, 1.54) is 0 Å². The van der Waals surface area contributed by atoms with Crippen LogP contribution in [0.3, 0.4) is 0 Å². The molecule has 0 bridgehead atoms. The molecule has 9 nitrogen and oxygen atoms in total. The maximum atomic E-state index is 12.8. The number of esters is 2. The lowest BCUT2D eigenvalue weighted by molar-refractivity contribution is -0.870. The van der Waals surface area contributed by atoms with Gasteiger partial charge in [-0.1, -0.05) is 253 Å². The third-order valence-corrected chi connectivity index (χ3v) is 13.8. The van der Waals surface area contributed by atoms with Crippen molar-refractivity contribution >= 4 is 19.8 Å². The van der Waals surface area contributed by atoms with E-state index >= 15 is 0 Å². The molecule has 86 heavy (non-hydrogen) atoms. The van der Waals surface area contributed by atoms with Crippen LogP contribution < -0.4 is 4.89 Å². The molecule has 0 aliphatic heterocycles. The zero-order chi connectivity index (χ0) is 62.6. The van der Waals surface area contributed by atoms with Gasteiger partial charge in [0.15, 0.2) is 6.10 Å². The molecule has 0 aromatic heterocycles. The van der Waals surface area contributed by atoms with E-state index in [0.29, 0.717) is 23.9 Å². The maximum Gasteiger partial charge on any atom is 0.306 e. The Morgan fingerprint density at radius 1 is 0.360 bits per heavy atom. The molecule has 0 amide bonds. The van der Waals surface area contributed by atoms with Gasteiger partial charge >= 0.3 is 11.9 Å². The summed E-state index contributed by atoms with van der Waals surface area (Å²) in [6, 6.07) is 0. The molecule has 0 aliphatic rings. The summed E-state index contributed by atoms with van der Waals surface area (Å²) in [5.74, 6) is -0.904. The van der Waals surface area contributed by atoms with Gasteiger partial charge < -0.3 is 27.9 Å². The molecule has 0 N–H and O–H groups in total.